The van der Waals surface area contributed by atoms with Gasteiger partial charge in [0.2, 0.25) is 5.91 Å². The Hall–Kier alpha value is -2.20. The third-order valence-corrected chi connectivity index (χ3v) is 6.20. The summed E-state index contributed by atoms with van der Waals surface area (Å²) in [6.07, 6.45) is 5.03. The van der Waals surface area contributed by atoms with Gasteiger partial charge in [-0.25, -0.2) is 4.98 Å². The molecule has 0 bridgehead atoms. The van der Waals surface area contributed by atoms with Crippen LogP contribution in [0.5, 0.6) is 0 Å². The standard InChI is InChI=1S/C18H27N5O4S/c1-12-15(28-18(20-12)23-7-9-27-10-8-23)17(26)22-21-14(24)11-19-16(25)13-5-3-2-4-6-13/h13H,2-11H2,1H3,(H,19,25)(H,21,24)(H,22,26). The van der Waals surface area contributed by atoms with Crippen molar-refractivity contribution in [1.82, 2.24) is 21.2 Å². The third kappa shape index (κ3) is 5.41. The van der Waals surface area contributed by atoms with E-state index in [-0.39, 0.29) is 18.4 Å². The Bertz CT molecular complexity index is 711. The van der Waals surface area contributed by atoms with Gasteiger partial charge in [0.25, 0.3) is 11.8 Å². The molecule has 3 amide bonds. The first-order valence-electron chi connectivity index (χ1n) is 9.71. The van der Waals surface area contributed by atoms with Crippen LogP contribution in [0.3, 0.4) is 0 Å². The molecule has 0 spiro atoms. The van der Waals surface area contributed by atoms with E-state index in [9.17, 15) is 14.4 Å². The maximum absolute atomic E-state index is 12.4. The molecule has 0 atom stereocenters. The number of hydrogen-bond acceptors (Lipinski definition) is 7. The van der Waals surface area contributed by atoms with Crippen molar-refractivity contribution in [1.29, 1.82) is 0 Å². The molecule has 154 valence electrons. The highest BCUT2D eigenvalue weighted by Gasteiger charge is 2.22. The Balaban J connectivity index is 1.43. The van der Waals surface area contributed by atoms with Crippen LogP contribution in [-0.4, -0.2) is 55.6 Å². The number of amides is 3. The van der Waals surface area contributed by atoms with Crippen LogP contribution in [0.15, 0.2) is 0 Å². The Morgan fingerprint density at radius 2 is 1.86 bits per heavy atom. The molecule has 3 rings (SSSR count). The highest BCUT2D eigenvalue weighted by molar-refractivity contribution is 7.17. The fraction of sp³-hybridized carbons (Fsp3) is 0.667. The minimum atomic E-state index is -0.465. The summed E-state index contributed by atoms with van der Waals surface area (Å²) in [6, 6.07) is 0. The van der Waals surface area contributed by atoms with Crippen LogP contribution in [0.4, 0.5) is 5.13 Å². The zero-order chi connectivity index (χ0) is 19.9. The fourth-order valence-corrected chi connectivity index (χ4v) is 4.40. The molecule has 1 aromatic heterocycles. The van der Waals surface area contributed by atoms with Crippen LogP contribution in [-0.2, 0) is 14.3 Å². The molecule has 1 saturated carbocycles. The van der Waals surface area contributed by atoms with E-state index in [1.54, 1.807) is 6.92 Å². The first-order chi connectivity index (χ1) is 13.5. The molecule has 0 aromatic carbocycles. The molecule has 28 heavy (non-hydrogen) atoms. The van der Waals surface area contributed by atoms with Gasteiger partial charge in [-0.2, -0.15) is 0 Å². The van der Waals surface area contributed by atoms with Crippen molar-refractivity contribution in [3.05, 3.63) is 10.6 Å². The maximum atomic E-state index is 12.4. The van der Waals surface area contributed by atoms with Gasteiger partial charge in [-0.1, -0.05) is 30.6 Å². The molecule has 1 aromatic rings. The molecule has 2 fully saturated rings. The number of rotatable bonds is 5. The van der Waals surface area contributed by atoms with E-state index in [4.69, 9.17) is 4.74 Å². The highest BCUT2D eigenvalue weighted by atomic mass is 32.1. The Kier molecular flexibility index (Phi) is 7.21. The average molecular weight is 410 g/mol. The van der Waals surface area contributed by atoms with Gasteiger partial charge in [0.1, 0.15) is 4.88 Å². The van der Waals surface area contributed by atoms with Crippen molar-refractivity contribution >= 4 is 34.2 Å². The summed E-state index contributed by atoms with van der Waals surface area (Å²) in [5, 5.41) is 3.42. The highest BCUT2D eigenvalue weighted by Crippen LogP contribution is 2.26. The summed E-state index contributed by atoms with van der Waals surface area (Å²) < 4.78 is 5.33. The molecular weight excluding hydrogens is 382 g/mol. The lowest BCUT2D eigenvalue weighted by molar-refractivity contribution is -0.129. The van der Waals surface area contributed by atoms with Crippen molar-refractivity contribution in [2.24, 2.45) is 5.92 Å². The lowest BCUT2D eigenvalue weighted by Crippen LogP contribution is -2.47. The fourth-order valence-electron chi connectivity index (χ4n) is 3.39. The maximum Gasteiger partial charge on any atom is 0.281 e. The zero-order valence-corrected chi connectivity index (χ0v) is 16.9. The zero-order valence-electron chi connectivity index (χ0n) is 16.1. The number of nitrogens with one attached hydrogen (secondary N) is 3. The third-order valence-electron chi connectivity index (χ3n) is 4.99. The van der Waals surface area contributed by atoms with Gasteiger partial charge in [-0.15, -0.1) is 0 Å². The number of ether oxygens (including phenoxy) is 1. The van der Waals surface area contributed by atoms with E-state index in [1.807, 2.05) is 0 Å². The molecule has 1 aliphatic heterocycles. The molecule has 1 aliphatic carbocycles. The number of carbonyl (C=O) groups is 3. The van der Waals surface area contributed by atoms with Crippen molar-refractivity contribution < 1.29 is 19.1 Å². The minimum Gasteiger partial charge on any atom is -0.378 e. The van der Waals surface area contributed by atoms with E-state index in [1.165, 1.54) is 17.8 Å². The molecule has 10 heteroatoms. The normalized spacial score (nSPS) is 17.8. The summed E-state index contributed by atoms with van der Waals surface area (Å²) in [6.45, 7) is 4.38. The number of anilines is 1. The van der Waals surface area contributed by atoms with Crippen LogP contribution in [0.25, 0.3) is 0 Å². The summed E-state index contributed by atoms with van der Waals surface area (Å²) in [7, 11) is 0. The van der Waals surface area contributed by atoms with E-state index < -0.39 is 11.8 Å². The smallest absolute Gasteiger partial charge is 0.281 e. The van der Waals surface area contributed by atoms with Crippen LogP contribution < -0.4 is 21.1 Å². The van der Waals surface area contributed by atoms with Crippen LogP contribution in [0.1, 0.15) is 47.5 Å². The first kappa shape index (κ1) is 20.5. The predicted molar refractivity (Wildman–Crippen MR) is 105 cm³/mol. The Morgan fingerprint density at radius 3 is 2.57 bits per heavy atom. The summed E-state index contributed by atoms with van der Waals surface area (Å²) in [5.41, 5.74) is 5.36. The van der Waals surface area contributed by atoms with Gasteiger partial charge in [0, 0.05) is 19.0 Å². The molecule has 0 unspecified atom stereocenters. The number of aryl methyl sites for hydroxylation is 1. The van der Waals surface area contributed by atoms with Crippen molar-refractivity contribution in [3.63, 3.8) is 0 Å². The van der Waals surface area contributed by atoms with Crippen LogP contribution in [0, 0.1) is 12.8 Å². The second kappa shape index (κ2) is 9.83. The summed E-state index contributed by atoms with van der Waals surface area (Å²) >= 11 is 1.29. The van der Waals surface area contributed by atoms with Crippen molar-refractivity contribution in [3.8, 4) is 0 Å². The number of aromatic nitrogens is 1. The molecule has 1 saturated heterocycles. The van der Waals surface area contributed by atoms with Gasteiger partial charge in [0.15, 0.2) is 5.13 Å². The van der Waals surface area contributed by atoms with Gasteiger partial charge in [-0.3, -0.25) is 25.2 Å². The SMILES string of the molecule is Cc1nc(N2CCOCC2)sc1C(=O)NNC(=O)CNC(=O)C1CCCCC1. The first-order valence-corrected chi connectivity index (χ1v) is 10.5. The number of nitrogens with zero attached hydrogens (tertiary/aromatic N) is 2. The van der Waals surface area contributed by atoms with E-state index in [2.05, 4.69) is 26.1 Å². The van der Waals surface area contributed by atoms with Gasteiger partial charge in [0.05, 0.1) is 25.5 Å². The monoisotopic (exact) mass is 409 g/mol. The minimum absolute atomic E-state index is 0.00501. The topological polar surface area (TPSA) is 113 Å². The molecule has 9 nitrogen and oxygen atoms in total. The lowest BCUT2D eigenvalue weighted by atomic mass is 9.89. The average Bonchev–Trinajstić information content (AvgIpc) is 3.13. The Labute approximate surface area is 168 Å². The van der Waals surface area contributed by atoms with Crippen LogP contribution >= 0.6 is 11.3 Å². The number of hydrogen-bond donors (Lipinski definition) is 3. The van der Waals surface area contributed by atoms with E-state index in [0.717, 1.165) is 43.9 Å². The summed E-state index contributed by atoms with van der Waals surface area (Å²) in [4.78, 5) is 43.3. The second-order valence-corrected chi connectivity index (χ2v) is 8.04. The molecular formula is C18H27N5O4S. The second-order valence-electron chi connectivity index (χ2n) is 7.07. The lowest BCUT2D eigenvalue weighted by Gasteiger charge is -2.25. The predicted octanol–water partition coefficient (Wildman–Crippen LogP) is 0.746. The van der Waals surface area contributed by atoms with E-state index in [0.29, 0.717) is 23.8 Å². The van der Waals surface area contributed by atoms with Gasteiger partial charge < -0.3 is 15.0 Å². The molecule has 0 radical (unpaired) electrons. The van der Waals surface area contributed by atoms with Gasteiger partial charge in [-0.05, 0) is 19.8 Å². The van der Waals surface area contributed by atoms with Crippen molar-refractivity contribution in [2.45, 2.75) is 39.0 Å². The molecule has 2 heterocycles. The van der Waals surface area contributed by atoms with Gasteiger partial charge >= 0.3 is 0 Å². The van der Waals surface area contributed by atoms with Crippen molar-refractivity contribution in [2.75, 3.05) is 37.7 Å². The number of morpholine rings is 1. The van der Waals surface area contributed by atoms with Crippen LogP contribution in [0.2, 0.25) is 0 Å². The quantitative estimate of drug-likeness (QED) is 0.619. The molecule has 2 aliphatic rings. The number of carbonyl (C=O) groups excluding carboxylic acids is 3. The summed E-state index contributed by atoms with van der Waals surface area (Å²) in [5.74, 6) is -0.973. The Morgan fingerprint density at radius 1 is 1.14 bits per heavy atom. The number of thiazole rings is 1. The van der Waals surface area contributed by atoms with E-state index >= 15 is 0 Å². The molecule has 3 N–H and O–H groups in total. The number of hydrazine groups is 1. The largest absolute Gasteiger partial charge is 0.378 e.